The van der Waals surface area contributed by atoms with Crippen LogP contribution >= 0.6 is 11.3 Å². The molecule has 1 aromatic rings. The first-order valence-corrected chi connectivity index (χ1v) is 6.99. The molecular weight excluding hydrogens is 232 g/mol. The molecule has 1 aromatic heterocycles. The number of aryl methyl sites for hydroxylation is 1. The summed E-state index contributed by atoms with van der Waals surface area (Å²) in [6.07, 6.45) is 0. The van der Waals surface area contributed by atoms with Crippen LogP contribution in [0.1, 0.15) is 38.4 Å². The number of aromatic nitrogens is 1. The van der Waals surface area contributed by atoms with Crippen molar-refractivity contribution in [2.24, 2.45) is 5.92 Å². The minimum Gasteiger partial charge on any atom is -0.382 e. The third-order valence-electron chi connectivity index (χ3n) is 2.90. The zero-order chi connectivity index (χ0) is 13.1. The molecule has 1 rings (SSSR count). The lowest BCUT2D eigenvalue weighted by atomic mass is 9.87. The molecule has 0 aliphatic carbocycles. The molecule has 0 aromatic carbocycles. The molecule has 0 aliphatic heterocycles. The predicted octanol–water partition coefficient (Wildman–Crippen LogP) is 2.95. The molecule has 0 bridgehead atoms. The Morgan fingerprint density at radius 1 is 1.41 bits per heavy atom. The van der Waals surface area contributed by atoms with Crippen molar-refractivity contribution < 1.29 is 4.74 Å². The van der Waals surface area contributed by atoms with Crippen molar-refractivity contribution in [2.45, 2.75) is 46.2 Å². The number of nitrogens with one attached hydrogen (secondary N) is 1. The van der Waals surface area contributed by atoms with Crippen molar-refractivity contribution in [3.8, 4) is 0 Å². The highest BCUT2D eigenvalue weighted by Crippen LogP contribution is 2.33. The van der Waals surface area contributed by atoms with Gasteiger partial charge >= 0.3 is 0 Å². The van der Waals surface area contributed by atoms with E-state index in [9.17, 15) is 0 Å². The van der Waals surface area contributed by atoms with Gasteiger partial charge in [-0.15, -0.1) is 11.3 Å². The molecule has 0 saturated carbocycles. The molecule has 0 saturated heterocycles. The first-order chi connectivity index (χ1) is 7.92. The summed E-state index contributed by atoms with van der Waals surface area (Å²) in [5.41, 5.74) is 0.902. The molecular formula is C13H24N2OS. The van der Waals surface area contributed by atoms with Crippen molar-refractivity contribution in [1.82, 2.24) is 10.3 Å². The largest absolute Gasteiger partial charge is 0.382 e. The highest BCUT2D eigenvalue weighted by molar-refractivity contribution is 7.09. The van der Waals surface area contributed by atoms with Gasteiger partial charge in [-0.25, -0.2) is 4.98 Å². The quantitative estimate of drug-likeness (QED) is 0.849. The first-order valence-electron chi connectivity index (χ1n) is 6.11. The van der Waals surface area contributed by atoms with Crippen LogP contribution in [-0.2, 0) is 10.3 Å². The van der Waals surface area contributed by atoms with Crippen molar-refractivity contribution in [3.05, 3.63) is 16.1 Å². The van der Waals surface area contributed by atoms with Crippen LogP contribution in [0.2, 0.25) is 0 Å². The summed E-state index contributed by atoms with van der Waals surface area (Å²) in [5.74, 6) is 0.426. The lowest BCUT2D eigenvalue weighted by Gasteiger charge is -2.38. The molecule has 98 valence electrons. The summed E-state index contributed by atoms with van der Waals surface area (Å²) in [6.45, 7) is 11.4. The van der Waals surface area contributed by atoms with Crippen LogP contribution in [0.5, 0.6) is 0 Å². The fraction of sp³-hybridized carbons (Fsp3) is 0.769. The molecule has 0 amide bonds. The zero-order valence-corrected chi connectivity index (χ0v) is 12.5. The van der Waals surface area contributed by atoms with Crippen LogP contribution in [0.4, 0.5) is 0 Å². The third-order valence-corrected chi connectivity index (χ3v) is 4.04. The van der Waals surface area contributed by atoms with Gasteiger partial charge in [0.1, 0.15) is 5.01 Å². The average molecular weight is 256 g/mol. The van der Waals surface area contributed by atoms with Crippen LogP contribution in [0.3, 0.4) is 0 Å². The standard InChI is InChI=1S/C13H24N2OS/c1-9(2)13(8-16-6,15-10(3)4)12-14-11(5)7-17-12/h7,9-10,15H,8H2,1-6H3. The Labute approximate surface area is 109 Å². The van der Waals surface area contributed by atoms with E-state index < -0.39 is 0 Å². The van der Waals surface area contributed by atoms with E-state index in [1.165, 1.54) is 0 Å². The predicted molar refractivity (Wildman–Crippen MR) is 73.5 cm³/mol. The number of hydrogen-bond acceptors (Lipinski definition) is 4. The number of nitrogens with zero attached hydrogens (tertiary/aromatic N) is 1. The van der Waals surface area contributed by atoms with Crippen molar-refractivity contribution in [1.29, 1.82) is 0 Å². The van der Waals surface area contributed by atoms with Gasteiger partial charge in [0.05, 0.1) is 12.1 Å². The van der Waals surface area contributed by atoms with Gasteiger partial charge in [-0.2, -0.15) is 0 Å². The van der Waals surface area contributed by atoms with Crippen molar-refractivity contribution in [3.63, 3.8) is 0 Å². The Balaban J connectivity index is 3.13. The normalized spacial score (nSPS) is 15.5. The monoisotopic (exact) mass is 256 g/mol. The van der Waals surface area contributed by atoms with E-state index in [1.54, 1.807) is 18.4 Å². The first kappa shape index (κ1) is 14.6. The van der Waals surface area contributed by atoms with Gasteiger partial charge in [0, 0.05) is 24.2 Å². The molecule has 0 radical (unpaired) electrons. The molecule has 4 heteroatoms. The van der Waals surface area contributed by atoms with E-state index in [0.29, 0.717) is 18.6 Å². The highest BCUT2D eigenvalue weighted by Gasteiger charge is 2.38. The van der Waals surface area contributed by atoms with Gasteiger partial charge in [-0.05, 0) is 26.7 Å². The van der Waals surface area contributed by atoms with E-state index in [-0.39, 0.29) is 5.54 Å². The second-order valence-electron chi connectivity index (χ2n) is 5.15. The van der Waals surface area contributed by atoms with Gasteiger partial charge in [-0.3, -0.25) is 0 Å². The lowest BCUT2D eigenvalue weighted by Crippen LogP contribution is -2.53. The fourth-order valence-corrected chi connectivity index (χ4v) is 3.14. The van der Waals surface area contributed by atoms with Gasteiger partial charge in [-0.1, -0.05) is 13.8 Å². The second-order valence-corrected chi connectivity index (χ2v) is 6.01. The summed E-state index contributed by atoms with van der Waals surface area (Å²) in [7, 11) is 1.75. The Kier molecular flexibility index (Phi) is 5.10. The highest BCUT2D eigenvalue weighted by atomic mass is 32.1. The minimum atomic E-state index is -0.179. The van der Waals surface area contributed by atoms with E-state index in [2.05, 4.69) is 43.4 Å². The smallest absolute Gasteiger partial charge is 0.116 e. The van der Waals surface area contributed by atoms with Crippen LogP contribution in [0.25, 0.3) is 0 Å². The van der Waals surface area contributed by atoms with E-state index in [1.807, 2.05) is 6.92 Å². The minimum absolute atomic E-state index is 0.179. The summed E-state index contributed by atoms with van der Waals surface area (Å²) in [5, 5.41) is 6.87. The van der Waals surface area contributed by atoms with Crippen molar-refractivity contribution in [2.75, 3.05) is 13.7 Å². The number of thiazole rings is 1. The molecule has 0 aliphatic rings. The molecule has 0 fully saturated rings. The summed E-state index contributed by atoms with van der Waals surface area (Å²) < 4.78 is 5.44. The zero-order valence-electron chi connectivity index (χ0n) is 11.7. The maximum Gasteiger partial charge on any atom is 0.116 e. The van der Waals surface area contributed by atoms with Crippen LogP contribution in [-0.4, -0.2) is 24.7 Å². The lowest BCUT2D eigenvalue weighted by molar-refractivity contribution is 0.0697. The van der Waals surface area contributed by atoms with E-state index >= 15 is 0 Å². The topological polar surface area (TPSA) is 34.1 Å². The molecule has 0 spiro atoms. The molecule has 1 atom stereocenters. The summed E-state index contributed by atoms with van der Waals surface area (Å²) >= 11 is 1.71. The van der Waals surface area contributed by atoms with Crippen LogP contribution < -0.4 is 5.32 Å². The number of hydrogen-bond donors (Lipinski definition) is 1. The summed E-state index contributed by atoms with van der Waals surface area (Å²) in [4.78, 5) is 4.65. The maximum absolute atomic E-state index is 5.44. The van der Waals surface area contributed by atoms with Gasteiger partial charge in [0.25, 0.3) is 0 Å². The molecule has 17 heavy (non-hydrogen) atoms. The van der Waals surface area contributed by atoms with Gasteiger partial charge in [0.2, 0.25) is 0 Å². The molecule has 3 nitrogen and oxygen atoms in total. The Morgan fingerprint density at radius 2 is 2.06 bits per heavy atom. The number of ether oxygens (including phenoxy) is 1. The fourth-order valence-electron chi connectivity index (χ4n) is 2.05. The van der Waals surface area contributed by atoms with Gasteiger partial charge < -0.3 is 10.1 Å². The van der Waals surface area contributed by atoms with E-state index in [4.69, 9.17) is 4.74 Å². The molecule has 1 unspecified atom stereocenters. The number of methoxy groups -OCH3 is 1. The average Bonchev–Trinajstić information content (AvgIpc) is 2.63. The Hall–Kier alpha value is -0.450. The van der Waals surface area contributed by atoms with Crippen LogP contribution in [0.15, 0.2) is 5.38 Å². The maximum atomic E-state index is 5.44. The Bertz CT molecular complexity index is 349. The SMILES string of the molecule is COCC(NC(C)C)(c1nc(C)cs1)C(C)C. The third kappa shape index (κ3) is 3.27. The second kappa shape index (κ2) is 5.94. The van der Waals surface area contributed by atoms with Crippen molar-refractivity contribution >= 4 is 11.3 Å². The van der Waals surface area contributed by atoms with E-state index in [0.717, 1.165) is 10.7 Å². The summed E-state index contributed by atoms with van der Waals surface area (Å²) in [6, 6.07) is 0.400. The molecule has 1 N–H and O–H groups in total. The number of rotatable bonds is 6. The molecule has 1 heterocycles. The van der Waals surface area contributed by atoms with Gasteiger partial charge in [0.15, 0.2) is 0 Å². The van der Waals surface area contributed by atoms with Crippen LogP contribution in [0, 0.1) is 12.8 Å². The Morgan fingerprint density at radius 3 is 2.41 bits per heavy atom.